The molecule has 0 aromatic rings. The minimum absolute atomic E-state index is 0.0417. The monoisotopic (exact) mass is 243 g/mol. The smallest absolute Gasteiger partial charge is 0.250 e. The van der Waals surface area contributed by atoms with E-state index in [4.69, 9.17) is 0 Å². The molecule has 0 saturated carbocycles. The summed E-state index contributed by atoms with van der Waals surface area (Å²) in [7, 11) is -8.07. The van der Waals surface area contributed by atoms with Crippen LogP contribution in [0.25, 0.3) is 0 Å². The molecule has 1 amide bonds. The Morgan fingerprint density at radius 3 is 1.43 bits per heavy atom. The van der Waals surface area contributed by atoms with Crippen LogP contribution < -0.4 is 0 Å². The third-order valence-electron chi connectivity index (χ3n) is 1.49. The Hall–Kier alpha value is -0.630. The van der Waals surface area contributed by atoms with E-state index in [2.05, 4.69) is 0 Å². The Kier molecular flexibility index (Phi) is 4.07. The zero-order chi connectivity index (χ0) is 11.6. The van der Waals surface area contributed by atoms with Crippen LogP contribution in [0.1, 0.15) is 20.8 Å². The van der Waals surface area contributed by atoms with Crippen molar-refractivity contribution in [1.29, 1.82) is 0 Å². The second kappa shape index (κ2) is 4.26. The van der Waals surface area contributed by atoms with Crippen molar-refractivity contribution in [3.8, 4) is 0 Å². The predicted octanol–water partition coefficient (Wildman–Crippen LogP) is -0.466. The lowest BCUT2D eigenvalue weighted by molar-refractivity contribution is -0.121. The molecule has 0 radical (unpaired) electrons. The van der Waals surface area contributed by atoms with Gasteiger partial charge in [0.1, 0.15) is 0 Å². The summed E-state index contributed by atoms with van der Waals surface area (Å²) < 4.78 is 45.0. The van der Waals surface area contributed by atoms with E-state index in [1.165, 1.54) is 13.8 Å². The highest BCUT2D eigenvalue weighted by Crippen LogP contribution is 2.10. The van der Waals surface area contributed by atoms with Gasteiger partial charge in [0.2, 0.25) is 26.0 Å². The standard InChI is InChI=1S/C6H13NO5S2/c1-4-13(9,10)7(6(3)8)14(11,12)5-2/h4-5H2,1-3H3. The first kappa shape index (κ1) is 13.4. The highest BCUT2D eigenvalue weighted by molar-refractivity contribution is 8.04. The largest absolute Gasteiger partial charge is 0.273 e. The van der Waals surface area contributed by atoms with Gasteiger partial charge in [-0.3, -0.25) is 4.79 Å². The van der Waals surface area contributed by atoms with Crippen LogP contribution in [0.2, 0.25) is 0 Å². The van der Waals surface area contributed by atoms with E-state index in [1.807, 2.05) is 0 Å². The molecule has 0 aromatic carbocycles. The Bertz CT molecular complexity index is 374. The summed E-state index contributed by atoms with van der Waals surface area (Å²) in [5.41, 5.74) is 0. The van der Waals surface area contributed by atoms with Gasteiger partial charge in [-0.05, 0) is 13.8 Å². The maximum Gasteiger partial charge on any atom is 0.250 e. The van der Waals surface area contributed by atoms with Gasteiger partial charge in [0.15, 0.2) is 0 Å². The van der Waals surface area contributed by atoms with Gasteiger partial charge in [-0.1, -0.05) is 0 Å². The fraction of sp³-hybridized carbons (Fsp3) is 0.833. The molecule has 0 N–H and O–H groups in total. The molecule has 0 fully saturated rings. The molecule has 0 aliphatic heterocycles. The molecule has 84 valence electrons. The minimum Gasteiger partial charge on any atom is -0.273 e. The maximum absolute atomic E-state index is 11.3. The number of rotatable bonds is 4. The molecule has 6 nitrogen and oxygen atoms in total. The van der Waals surface area contributed by atoms with Crippen molar-refractivity contribution in [1.82, 2.24) is 3.71 Å². The summed E-state index contributed by atoms with van der Waals surface area (Å²) in [6.45, 7) is 3.45. The molecular formula is C6H13NO5S2. The molecule has 0 atom stereocenters. The van der Waals surface area contributed by atoms with Crippen molar-refractivity contribution in [3.63, 3.8) is 0 Å². The minimum atomic E-state index is -4.03. The molecule has 0 saturated heterocycles. The van der Waals surface area contributed by atoms with Crippen LogP contribution in [-0.2, 0) is 24.8 Å². The Morgan fingerprint density at radius 1 is 1.00 bits per heavy atom. The number of amides is 1. The summed E-state index contributed by atoms with van der Waals surface area (Å²) >= 11 is 0. The summed E-state index contributed by atoms with van der Waals surface area (Å²) in [5.74, 6) is -1.86. The predicted molar refractivity (Wildman–Crippen MR) is 51.4 cm³/mol. The number of sulfonamides is 2. The van der Waals surface area contributed by atoms with Gasteiger partial charge < -0.3 is 0 Å². The quantitative estimate of drug-likeness (QED) is 0.666. The van der Waals surface area contributed by atoms with Gasteiger partial charge in [-0.25, -0.2) is 16.8 Å². The fourth-order valence-electron chi connectivity index (χ4n) is 0.799. The molecule has 0 aliphatic carbocycles. The van der Waals surface area contributed by atoms with E-state index in [1.54, 1.807) is 0 Å². The first-order valence-electron chi connectivity index (χ1n) is 3.95. The summed E-state index contributed by atoms with van der Waals surface area (Å²) in [4.78, 5) is 10.9. The van der Waals surface area contributed by atoms with Crippen LogP contribution in [0.15, 0.2) is 0 Å². The van der Waals surface area contributed by atoms with Crippen LogP contribution in [-0.4, -0.2) is 38.0 Å². The summed E-state index contributed by atoms with van der Waals surface area (Å²) in [6.07, 6.45) is 0. The Morgan fingerprint density at radius 2 is 1.29 bits per heavy atom. The second-order valence-electron chi connectivity index (χ2n) is 2.52. The van der Waals surface area contributed by atoms with Gasteiger partial charge in [-0.15, -0.1) is 3.71 Å². The number of carbonyl (C=O) groups is 1. The molecule has 0 spiro atoms. The van der Waals surface area contributed by atoms with E-state index in [-0.39, 0.29) is 3.71 Å². The molecule has 0 unspecified atom stereocenters. The van der Waals surface area contributed by atoms with E-state index in [9.17, 15) is 21.6 Å². The van der Waals surface area contributed by atoms with E-state index in [0.717, 1.165) is 6.92 Å². The number of nitrogens with zero attached hydrogens (tertiary/aromatic N) is 1. The third kappa shape index (κ3) is 2.68. The Balaban J connectivity index is 5.54. The molecule has 0 bridgehead atoms. The van der Waals surface area contributed by atoms with Crippen molar-refractivity contribution in [2.45, 2.75) is 20.8 Å². The highest BCUT2D eigenvalue weighted by atomic mass is 32.3. The van der Waals surface area contributed by atoms with Gasteiger partial charge in [-0.2, -0.15) is 0 Å². The van der Waals surface area contributed by atoms with Crippen molar-refractivity contribution >= 4 is 26.0 Å². The molecular weight excluding hydrogens is 230 g/mol. The normalized spacial score (nSPS) is 12.5. The van der Waals surface area contributed by atoms with Gasteiger partial charge in [0, 0.05) is 6.92 Å². The fourth-order valence-corrected chi connectivity index (χ4v) is 4.07. The highest BCUT2D eigenvalue weighted by Gasteiger charge is 2.33. The van der Waals surface area contributed by atoms with Crippen molar-refractivity contribution in [2.24, 2.45) is 0 Å². The zero-order valence-corrected chi connectivity index (χ0v) is 9.85. The molecule has 14 heavy (non-hydrogen) atoms. The van der Waals surface area contributed by atoms with E-state index in [0.29, 0.717) is 0 Å². The molecule has 0 aliphatic rings. The number of hydrogen-bond acceptors (Lipinski definition) is 5. The topological polar surface area (TPSA) is 88.6 Å². The van der Waals surface area contributed by atoms with Crippen LogP contribution in [0.4, 0.5) is 0 Å². The van der Waals surface area contributed by atoms with Gasteiger partial charge in [0.25, 0.3) is 0 Å². The first-order chi connectivity index (χ1) is 6.19. The van der Waals surface area contributed by atoms with Crippen molar-refractivity contribution in [2.75, 3.05) is 11.5 Å². The SMILES string of the molecule is CCS(=O)(=O)N(C(C)=O)S(=O)(=O)CC. The van der Waals surface area contributed by atoms with Gasteiger partial charge >= 0.3 is 0 Å². The van der Waals surface area contributed by atoms with Crippen molar-refractivity contribution in [3.05, 3.63) is 0 Å². The number of carbonyl (C=O) groups excluding carboxylic acids is 1. The Labute approximate surface area is 84.0 Å². The maximum atomic E-state index is 11.3. The van der Waals surface area contributed by atoms with Crippen LogP contribution in [0, 0.1) is 0 Å². The molecule has 8 heteroatoms. The average molecular weight is 243 g/mol. The average Bonchev–Trinajstić information content (AvgIpc) is 2.02. The van der Waals surface area contributed by atoms with E-state index < -0.39 is 37.5 Å². The van der Waals surface area contributed by atoms with Crippen molar-refractivity contribution < 1.29 is 21.6 Å². The lowest BCUT2D eigenvalue weighted by Gasteiger charge is -2.18. The number of hydrogen-bond donors (Lipinski definition) is 0. The van der Waals surface area contributed by atoms with Crippen LogP contribution >= 0.6 is 0 Å². The molecule has 0 heterocycles. The zero-order valence-electron chi connectivity index (χ0n) is 8.22. The lowest BCUT2D eigenvalue weighted by Crippen LogP contribution is -2.42. The van der Waals surface area contributed by atoms with Crippen LogP contribution in [0.5, 0.6) is 0 Å². The summed E-state index contributed by atoms with van der Waals surface area (Å²) in [5, 5.41) is 0. The third-order valence-corrected chi connectivity index (χ3v) is 5.84. The molecule has 0 aromatic heterocycles. The molecule has 0 rings (SSSR count). The van der Waals surface area contributed by atoms with E-state index >= 15 is 0 Å². The second-order valence-corrected chi connectivity index (χ2v) is 6.96. The lowest BCUT2D eigenvalue weighted by atomic mass is 10.8. The first-order valence-corrected chi connectivity index (χ1v) is 7.17. The van der Waals surface area contributed by atoms with Gasteiger partial charge in [0.05, 0.1) is 11.5 Å². The summed E-state index contributed by atoms with van der Waals surface area (Å²) in [6, 6.07) is 0. The van der Waals surface area contributed by atoms with Crippen LogP contribution in [0.3, 0.4) is 0 Å².